The summed E-state index contributed by atoms with van der Waals surface area (Å²) >= 11 is 5.67. The number of aliphatic carboxylic acids is 1. The van der Waals surface area contributed by atoms with Crippen LogP contribution in [0.2, 0.25) is 5.02 Å². The van der Waals surface area contributed by atoms with Gasteiger partial charge in [0.05, 0.1) is 4.92 Å². The van der Waals surface area contributed by atoms with Gasteiger partial charge >= 0.3 is 5.97 Å². The maximum absolute atomic E-state index is 12.0. The number of benzene rings is 1. The molecule has 1 aromatic rings. The van der Waals surface area contributed by atoms with Crippen LogP contribution in [-0.2, 0) is 14.3 Å². The van der Waals surface area contributed by atoms with Crippen molar-refractivity contribution in [2.45, 2.75) is 25.0 Å². The second-order valence-corrected chi connectivity index (χ2v) is 4.87. The van der Waals surface area contributed by atoms with Crippen LogP contribution in [-0.4, -0.2) is 34.1 Å². The number of carboxylic acids is 1. The summed E-state index contributed by atoms with van der Waals surface area (Å²) in [7, 11) is 0. The van der Waals surface area contributed by atoms with Gasteiger partial charge in [0, 0.05) is 11.1 Å². The van der Waals surface area contributed by atoms with Crippen LogP contribution in [0.15, 0.2) is 18.2 Å². The van der Waals surface area contributed by atoms with Crippen LogP contribution in [0.5, 0.6) is 0 Å². The van der Waals surface area contributed by atoms with Gasteiger partial charge in [0.1, 0.15) is 11.8 Å². The molecule has 2 N–H and O–H groups in total. The highest BCUT2D eigenvalue weighted by Gasteiger charge is 2.35. The lowest BCUT2D eigenvalue weighted by atomic mass is 10.2. The third-order valence-corrected chi connectivity index (χ3v) is 3.24. The Kier molecular flexibility index (Phi) is 4.39. The number of hydrogen-bond donors (Lipinski definition) is 2. The number of hydrogen-bond acceptors (Lipinski definition) is 5. The van der Waals surface area contributed by atoms with Crippen LogP contribution >= 0.6 is 11.6 Å². The number of nitro benzene ring substituents is 1. The summed E-state index contributed by atoms with van der Waals surface area (Å²) in [5.41, 5.74) is -0.361. The first-order valence-electron chi connectivity index (χ1n) is 6.01. The van der Waals surface area contributed by atoms with Gasteiger partial charge in [-0.05, 0) is 25.0 Å². The number of amides is 1. The first-order valence-corrected chi connectivity index (χ1v) is 6.39. The average molecular weight is 315 g/mol. The number of ether oxygens (including phenoxy) is 1. The molecule has 0 radical (unpaired) electrons. The van der Waals surface area contributed by atoms with Gasteiger partial charge < -0.3 is 15.2 Å². The largest absolute Gasteiger partial charge is 0.479 e. The van der Waals surface area contributed by atoms with Crippen molar-refractivity contribution >= 4 is 34.9 Å². The standard InChI is InChI=1S/C12H11ClN2O6/c13-6-1-2-7(8(5-6)15(19)20)14-11(16)9-3-4-10(21-9)12(17)18/h1-2,5,9-10H,3-4H2,(H,14,16)(H,17,18)/t9-,10+/m0/s1. The van der Waals surface area contributed by atoms with Crippen molar-refractivity contribution in [3.8, 4) is 0 Å². The Morgan fingerprint density at radius 3 is 2.62 bits per heavy atom. The fourth-order valence-electron chi connectivity index (χ4n) is 1.99. The van der Waals surface area contributed by atoms with Crippen LogP contribution in [0.1, 0.15) is 12.8 Å². The van der Waals surface area contributed by atoms with E-state index < -0.39 is 29.0 Å². The average Bonchev–Trinajstić information content (AvgIpc) is 2.90. The van der Waals surface area contributed by atoms with E-state index in [9.17, 15) is 19.7 Å². The van der Waals surface area contributed by atoms with Gasteiger partial charge in [0.2, 0.25) is 0 Å². The van der Waals surface area contributed by atoms with E-state index in [4.69, 9.17) is 21.4 Å². The van der Waals surface area contributed by atoms with E-state index in [1.807, 2.05) is 0 Å². The maximum Gasteiger partial charge on any atom is 0.332 e. The number of carboxylic acid groups (broad SMARTS) is 1. The summed E-state index contributed by atoms with van der Waals surface area (Å²) in [4.78, 5) is 32.9. The Hall–Kier alpha value is -2.19. The van der Waals surface area contributed by atoms with Crippen LogP contribution in [0.4, 0.5) is 11.4 Å². The smallest absolute Gasteiger partial charge is 0.332 e. The van der Waals surface area contributed by atoms with E-state index in [2.05, 4.69) is 5.32 Å². The van der Waals surface area contributed by atoms with Gasteiger partial charge in [-0.2, -0.15) is 0 Å². The third-order valence-electron chi connectivity index (χ3n) is 3.00. The van der Waals surface area contributed by atoms with Crippen molar-refractivity contribution in [3.63, 3.8) is 0 Å². The zero-order valence-corrected chi connectivity index (χ0v) is 11.4. The first-order chi connectivity index (χ1) is 9.88. The molecule has 1 aromatic carbocycles. The molecule has 9 heteroatoms. The van der Waals surface area contributed by atoms with Crippen LogP contribution in [0.3, 0.4) is 0 Å². The molecular formula is C12H11ClN2O6. The molecule has 112 valence electrons. The second-order valence-electron chi connectivity index (χ2n) is 4.44. The number of nitrogens with one attached hydrogen (secondary N) is 1. The summed E-state index contributed by atoms with van der Waals surface area (Å²) in [6, 6.07) is 3.83. The van der Waals surface area contributed by atoms with Gasteiger partial charge in [0.25, 0.3) is 11.6 Å². The van der Waals surface area contributed by atoms with E-state index >= 15 is 0 Å². The normalized spacial score (nSPS) is 21.0. The zero-order chi connectivity index (χ0) is 15.6. The molecule has 1 saturated heterocycles. The quantitative estimate of drug-likeness (QED) is 0.646. The molecule has 2 atom stereocenters. The molecule has 21 heavy (non-hydrogen) atoms. The van der Waals surface area contributed by atoms with E-state index in [1.54, 1.807) is 0 Å². The maximum atomic E-state index is 12.0. The predicted octanol–water partition coefficient (Wildman–Crippen LogP) is 1.82. The number of rotatable bonds is 4. The lowest BCUT2D eigenvalue weighted by molar-refractivity contribution is -0.383. The van der Waals surface area contributed by atoms with Gasteiger partial charge in [-0.15, -0.1) is 0 Å². The lowest BCUT2D eigenvalue weighted by Crippen LogP contribution is -2.30. The molecule has 1 aliphatic heterocycles. The number of nitro groups is 1. The molecule has 8 nitrogen and oxygen atoms in total. The monoisotopic (exact) mass is 314 g/mol. The zero-order valence-electron chi connectivity index (χ0n) is 10.6. The Labute approximate surface area is 123 Å². The van der Waals surface area contributed by atoms with Crippen molar-refractivity contribution in [3.05, 3.63) is 33.3 Å². The molecule has 0 aromatic heterocycles. The van der Waals surface area contributed by atoms with E-state index in [0.29, 0.717) is 0 Å². The van der Waals surface area contributed by atoms with Crippen molar-refractivity contribution in [2.75, 3.05) is 5.32 Å². The molecular weight excluding hydrogens is 304 g/mol. The van der Waals surface area contributed by atoms with Gasteiger partial charge in [0.15, 0.2) is 6.10 Å². The summed E-state index contributed by atoms with van der Waals surface area (Å²) in [6.45, 7) is 0. The summed E-state index contributed by atoms with van der Waals surface area (Å²) < 4.78 is 5.07. The molecule has 1 aliphatic rings. The predicted molar refractivity (Wildman–Crippen MR) is 72.3 cm³/mol. The summed E-state index contributed by atoms with van der Waals surface area (Å²) in [5, 5.41) is 22.2. The highest BCUT2D eigenvalue weighted by atomic mass is 35.5. The fourth-order valence-corrected chi connectivity index (χ4v) is 2.15. The van der Waals surface area contributed by atoms with Crippen molar-refractivity contribution < 1.29 is 24.4 Å². The van der Waals surface area contributed by atoms with Crippen LogP contribution < -0.4 is 5.32 Å². The van der Waals surface area contributed by atoms with Gasteiger partial charge in [-0.1, -0.05) is 11.6 Å². The number of halogens is 1. The number of nitrogens with zero attached hydrogens (tertiary/aromatic N) is 1. The molecule has 2 rings (SSSR count). The Morgan fingerprint density at radius 1 is 1.38 bits per heavy atom. The molecule has 0 saturated carbocycles. The molecule has 1 amide bonds. The second kappa shape index (κ2) is 6.06. The SMILES string of the molecule is O=C(Nc1ccc(Cl)cc1[N+](=O)[O-])[C@@H]1CC[C@H](C(=O)O)O1. The number of carbonyl (C=O) groups excluding carboxylic acids is 1. The Bertz CT molecular complexity index is 605. The van der Waals surface area contributed by atoms with E-state index in [-0.39, 0.29) is 29.2 Å². The Balaban J connectivity index is 2.10. The topological polar surface area (TPSA) is 119 Å². The molecule has 0 aliphatic carbocycles. The van der Waals surface area contributed by atoms with Crippen LogP contribution in [0, 0.1) is 10.1 Å². The van der Waals surface area contributed by atoms with Gasteiger partial charge in [-0.3, -0.25) is 14.9 Å². The molecule has 1 fully saturated rings. The molecule has 0 unspecified atom stereocenters. The van der Waals surface area contributed by atoms with Crippen molar-refractivity contribution in [1.82, 2.24) is 0 Å². The van der Waals surface area contributed by atoms with Gasteiger partial charge in [-0.25, -0.2) is 4.79 Å². The lowest BCUT2D eigenvalue weighted by Gasteiger charge is -2.12. The minimum atomic E-state index is -1.14. The highest BCUT2D eigenvalue weighted by molar-refractivity contribution is 6.31. The first kappa shape index (κ1) is 15.2. The van der Waals surface area contributed by atoms with E-state index in [1.165, 1.54) is 12.1 Å². The summed E-state index contributed by atoms with van der Waals surface area (Å²) in [5.74, 6) is -1.76. The van der Waals surface area contributed by atoms with Crippen molar-refractivity contribution in [1.29, 1.82) is 0 Å². The fraction of sp³-hybridized carbons (Fsp3) is 0.333. The van der Waals surface area contributed by atoms with Crippen molar-refractivity contribution in [2.24, 2.45) is 0 Å². The molecule has 0 bridgehead atoms. The highest BCUT2D eigenvalue weighted by Crippen LogP contribution is 2.29. The number of anilines is 1. The molecule has 1 heterocycles. The van der Waals surface area contributed by atoms with E-state index in [0.717, 1.165) is 6.07 Å². The van der Waals surface area contributed by atoms with Crippen LogP contribution in [0.25, 0.3) is 0 Å². The molecule has 0 spiro atoms. The Morgan fingerprint density at radius 2 is 2.05 bits per heavy atom. The third kappa shape index (κ3) is 3.47. The summed E-state index contributed by atoms with van der Waals surface area (Å²) in [6.07, 6.45) is -1.51. The minimum Gasteiger partial charge on any atom is -0.479 e. The number of carbonyl (C=O) groups is 2. The minimum absolute atomic E-state index is 0.0169.